The molecule has 0 spiro atoms. The van der Waals surface area contributed by atoms with Gasteiger partial charge in [-0.1, -0.05) is 253 Å². The molecule has 11 aromatic rings. The SMILES string of the molecule is CC(C)(C)c1ccc(-c2cc3c(N(c4ccccc4)c4ccccc4)c4cc(-c5ccc(C(C)(C)C)cc5)c(-c5ccc(C(C)(C)C)cc5)cc4c(N(c4ccccc4)c4ccccc4)c3cc2-c2ccc(C(C)(C)C)cc2)cc1. The molecule has 0 N–H and O–H groups in total. The Labute approximate surface area is 477 Å². The Morgan fingerprint density at radius 1 is 0.212 bits per heavy atom. The first kappa shape index (κ1) is 53.5. The fourth-order valence-corrected chi connectivity index (χ4v) is 11.4. The summed E-state index contributed by atoms with van der Waals surface area (Å²) in [6.07, 6.45) is 0. The van der Waals surface area contributed by atoms with E-state index in [1.807, 2.05) is 0 Å². The van der Waals surface area contributed by atoms with Crippen molar-refractivity contribution < 1.29 is 0 Å². The first-order valence-corrected chi connectivity index (χ1v) is 28.6. The first-order chi connectivity index (χ1) is 38.2. The van der Waals surface area contributed by atoms with E-state index in [0.29, 0.717) is 0 Å². The average Bonchev–Trinajstić information content (AvgIpc) is 3.48. The van der Waals surface area contributed by atoms with E-state index in [2.05, 4.69) is 336 Å². The molecule has 0 aliphatic heterocycles. The largest absolute Gasteiger partial charge is 0.309 e. The second-order valence-electron chi connectivity index (χ2n) is 25.9. The van der Waals surface area contributed by atoms with Crippen LogP contribution in [0.15, 0.2) is 243 Å². The number of hydrogen-bond donors (Lipinski definition) is 0. The minimum Gasteiger partial charge on any atom is -0.309 e. The van der Waals surface area contributed by atoms with Gasteiger partial charge in [0.2, 0.25) is 0 Å². The van der Waals surface area contributed by atoms with Crippen molar-refractivity contribution >= 4 is 55.7 Å². The third-order valence-electron chi connectivity index (χ3n) is 16.1. The zero-order valence-corrected chi connectivity index (χ0v) is 49.0. The quantitative estimate of drug-likeness (QED) is 0.0995. The molecule has 0 unspecified atom stereocenters. The third-order valence-corrected chi connectivity index (χ3v) is 16.1. The summed E-state index contributed by atoms with van der Waals surface area (Å²) < 4.78 is 0. The van der Waals surface area contributed by atoms with Crippen LogP contribution in [0.25, 0.3) is 66.1 Å². The van der Waals surface area contributed by atoms with Gasteiger partial charge in [0.1, 0.15) is 0 Å². The minimum absolute atomic E-state index is 0.00300. The number of nitrogens with zero attached hydrogens (tertiary/aromatic N) is 2. The second-order valence-corrected chi connectivity index (χ2v) is 25.9. The molecule has 11 rings (SSSR count). The van der Waals surface area contributed by atoms with E-state index in [-0.39, 0.29) is 21.7 Å². The smallest absolute Gasteiger partial charge is 0.0620 e. The topological polar surface area (TPSA) is 6.48 Å². The lowest BCUT2D eigenvalue weighted by Gasteiger charge is -2.34. The maximum Gasteiger partial charge on any atom is 0.0620 e. The van der Waals surface area contributed by atoms with Gasteiger partial charge in [-0.2, -0.15) is 0 Å². The van der Waals surface area contributed by atoms with Gasteiger partial charge in [0.15, 0.2) is 0 Å². The van der Waals surface area contributed by atoms with Gasteiger partial charge in [-0.15, -0.1) is 0 Å². The van der Waals surface area contributed by atoms with E-state index in [4.69, 9.17) is 0 Å². The monoisotopic (exact) mass is 1040 g/mol. The number of anilines is 6. The van der Waals surface area contributed by atoms with Crippen LogP contribution in [-0.2, 0) is 21.7 Å². The van der Waals surface area contributed by atoms with Gasteiger partial charge >= 0.3 is 0 Å². The van der Waals surface area contributed by atoms with Crippen LogP contribution in [0.5, 0.6) is 0 Å². The van der Waals surface area contributed by atoms with Crippen molar-refractivity contribution in [2.75, 3.05) is 9.80 Å². The zero-order chi connectivity index (χ0) is 56.1. The van der Waals surface area contributed by atoms with E-state index < -0.39 is 0 Å². The Kier molecular flexibility index (Phi) is 14.0. The average molecular weight is 1040 g/mol. The second kappa shape index (κ2) is 21.0. The number of hydrogen-bond acceptors (Lipinski definition) is 2. The van der Waals surface area contributed by atoms with Gasteiger partial charge in [0, 0.05) is 44.3 Å². The van der Waals surface area contributed by atoms with Crippen LogP contribution in [0.2, 0.25) is 0 Å². The molecule has 0 aromatic heterocycles. The molecule has 11 aromatic carbocycles. The molecule has 0 heterocycles. The molecular weight excluding hydrogens is 965 g/mol. The van der Waals surface area contributed by atoms with Crippen molar-refractivity contribution in [1.82, 2.24) is 0 Å². The predicted molar refractivity (Wildman–Crippen MR) is 347 cm³/mol. The van der Waals surface area contributed by atoms with E-state index in [1.54, 1.807) is 0 Å². The molecular formula is C78H76N2. The number of rotatable bonds is 10. The Hall–Kier alpha value is -8.46. The Morgan fingerprint density at radius 2 is 0.388 bits per heavy atom. The molecule has 398 valence electrons. The lowest BCUT2D eigenvalue weighted by Crippen LogP contribution is -2.15. The van der Waals surface area contributed by atoms with Crippen molar-refractivity contribution in [1.29, 1.82) is 0 Å². The third kappa shape index (κ3) is 10.6. The van der Waals surface area contributed by atoms with E-state index in [1.165, 1.54) is 66.8 Å². The summed E-state index contributed by atoms with van der Waals surface area (Å²) in [6, 6.07) is 91.4. The molecule has 2 nitrogen and oxygen atoms in total. The molecule has 0 saturated carbocycles. The van der Waals surface area contributed by atoms with Crippen LogP contribution in [-0.4, -0.2) is 0 Å². The summed E-state index contributed by atoms with van der Waals surface area (Å²) >= 11 is 0. The standard InChI is InChI=1S/C78H76N2/c1-75(2,3)57-41-33-53(34-42-57)65-49-69-70(50-66(65)54-35-43-58(44-36-54)76(4,5)6)74(80(63-29-21-15-22-30-63)64-31-23-16-24-32-64)72-52-68(56-39-47-60(48-40-56)78(10,11)12)67(55-37-45-59(46-38-55)77(7,8)9)51-71(72)73(69)79(61-25-17-13-18-26-61)62-27-19-14-20-28-62/h13-52H,1-12H3. The summed E-state index contributed by atoms with van der Waals surface area (Å²) in [5.74, 6) is 0. The number of benzene rings is 11. The highest BCUT2D eigenvalue weighted by Gasteiger charge is 2.30. The molecule has 0 aliphatic rings. The summed E-state index contributed by atoms with van der Waals surface area (Å²) in [4.78, 5) is 5.02. The first-order valence-electron chi connectivity index (χ1n) is 28.6. The summed E-state index contributed by atoms with van der Waals surface area (Å²) in [5.41, 5.74) is 21.1. The normalized spacial score (nSPS) is 12.2. The molecule has 0 saturated heterocycles. The molecule has 0 atom stereocenters. The van der Waals surface area contributed by atoms with Crippen molar-refractivity contribution in [3.05, 3.63) is 265 Å². The fraction of sp³-hybridized carbons (Fsp3) is 0.205. The summed E-state index contributed by atoms with van der Waals surface area (Å²) in [6.45, 7) is 27.6. The Balaban J connectivity index is 1.39. The molecule has 0 bridgehead atoms. The van der Waals surface area contributed by atoms with Crippen molar-refractivity contribution in [3.8, 4) is 44.5 Å². The van der Waals surface area contributed by atoms with Crippen molar-refractivity contribution in [3.63, 3.8) is 0 Å². The van der Waals surface area contributed by atoms with Gasteiger partial charge in [0.05, 0.1) is 11.4 Å². The minimum atomic E-state index is -0.00300. The van der Waals surface area contributed by atoms with Gasteiger partial charge in [-0.05, 0) is 161 Å². The van der Waals surface area contributed by atoms with Crippen LogP contribution in [0.1, 0.15) is 105 Å². The van der Waals surface area contributed by atoms with Crippen LogP contribution in [0.4, 0.5) is 34.1 Å². The Bertz CT molecular complexity index is 3420. The van der Waals surface area contributed by atoms with Gasteiger partial charge in [0.25, 0.3) is 0 Å². The molecule has 80 heavy (non-hydrogen) atoms. The summed E-state index contributed by atoms with van der Waals surface area (Å²) in [7, 11) is 0. The molecule has 0 fully saturated rings. The highest BCUT2D eigenvalue weighted by molar-refractivity contribution is 6.26. The molecule has 0 aliphatic carbocycles. The summed E-state index contributed by atoms with van der Waals surface area (Å²) in [5, 5.41) is 4.55. The van der Waals surface area contributed by atoms with Crippen molar-refractivity contribution in [2.45, 2.75) is 105 Å². The van der Waals surface area contributed by atoms with Gasteiger partial charge in [-0.25, -0.2) is 0 Å². The highest BCUT2D eigenvalue weighted by atomic mass is 15.2. The lowest BCUT2D eigenvalue weighted by molar-refractivity contribution is 0.590. The highest BCUT2D eigenvalue weighted by Crippen LogP contribution is 2.55. The van der Waals surface area contributed by atoms with Gasteiger partial charge < -0.3 is 9.80 Å². The van der Waals surface area contributed by atoms with Crippen LogP contribution in [0.3, 0.4) is 0 Å². The number of fused-ring (bicyclic) bond motifs is 2. The Morgan fingerprint density at radius 3 is 0.550 bits per heavy atom. The lowest BCUT2D eigenvalue weighted by atomic mass is 9.82. The van der Waals surface area contributed by atoms with E-state index in [9.17, 15) is 0 Å². The fourth-order valence-electron chi connectivity index (χ4n) is 11.4. The maximum atomic E-state index is 2.52. The van der Waals surface area contributed by atoms with Crippen LogP contribution in [0, 0.1) is 0 Å². The molecule has 0 radical (unpaired) electrons. The molecule has 0 amide bonds. The predicted octanol–water partition coefficient (Wildman–Crippen LogP) is 22.8. The van der Waals surface area contributed by atoms with Gasteiger partial charge in [-0.3, -0.25) is 0 Å². The molecule has 2 heteroatoms. The zero-order valence-electron chi connectivity index (χ0n) is 49.0. The van der Waals surface area contributed by atoms with Crippen molar-refractivity contribution in [2.24, 2.45) is 0 Å². The number of para-hydroxylation sites is 4. The van der Waals surface area contributed by atoms with Crippen LogP contribution < -0.4 is 9.80 Å². The van der Waals surface area contributed by atoms with E-state index in [0.717, 1.165) is 55.7 Å². The van der Waals surface area contributed by atoms with Crippen LogP contribution >= 0.6 is 0 Å². The van der Waals surface area contributed by atoms with E-state index >= 15 is 0 Å². The maximum absolute atomic E-state index is 2.52.